The molecule has 0 aliphatic carbocycles. The van der Waals surface area contributed by atoms with Crippen LogP contribution in [-0.2, 0) is 6.54 Å². The van der Waals surface area contributed by atoms with Gasteiger partial charge >= 0.3 is 0 Å². The van der Waals surface area contributed by atoms with E-state index in [1.165, 1.54) is 11.1 Å². The Bertz CT molecular complexity index is 819. The van der Waals surface area contributed by atoms with Gasteiger partial charge in [-0.3, -0.25) is 0 Å². The third kappa shape index (κ3) is 1.98. The zero-order chi connectivity index (χ0) is 14.1. The first-order chi connectivity index (χ1) is 9.70. The molecule has 1 aromatic heterocycles. The van der Waals surface area contributed by atoms with Crippen LogP contribution in [0.3, 0.4) is 0 Å². The molecule has 1 heterocycles. The molecule has 0 radical (unpaired) electrons. The van der Waals surface area contributed by atoms with Gasteiger partial charge in [-0.2, -0.15) is 0 Å². The average molecular weight is 260 g/mol. The fourth-order valence-electron chi connectivity index (χ4n) is 2.60. The Morgan fingerprint density at radius 1 is 1.15 bits per heavy atom. The Kier molecular flexibility index (Phi) is 3.04. The van der Waals surface area contributed by atoms with Crippen molar-refractivity contribution >= 4 is 11.0 Å². The molecule has 0 N–H and O–H groups in total. The smallest absolute Gasteiger partial charge is 0.142 e. The van der Waals surface area contributed by atoms with Crippen molar-refractivity contribution in [3.63, 3.8) is 0 Å². The van der Waals surface area contributed by atoms with Gasteiger partial charge in [0.25, 0.3) is 0 Å². The van der Waals surface area contributed by atoms with E-state index in [9.17, 15) is 0 Å². The molecule has 0 aliphatic rings. The van der Waals surface area contributed by atoms with Crippen LogP contribution in [0.1, 0.15) is 11.1 Å². The quantitative estimate of drug-likeness (QED) is 0.638. The van der Waals surface area contributed by atoms with E-state index in [-0.39, 0.29) is 0 Å². The first-order valence-corrected chi connectivity index (χ1v) is 6.67. The van der Waals surface area contributed by atoms with Crippen molar-refractivity contribution in [1.29, 1.82) is 0 Å². The summed E-state index contributed by atoms with van der Waals surface area (Å²) in [6.45, 7) is 4.74. The monoisotopic (exact) mass is 260 g/mol. The molecule has 0 amide bonds. The normalized spacial score (nSPS) is 10.7. The van der Waals surface area contributed by atoms with Crippen molar-refractivity contribution in [2.75, 3.05) is 0 Å². The van der Waals surface area contributed by atoms with E-state index < -0.39 is 0 Å². The maximum absolute atomic E-state index is 5.52. The van der Waals surface area contributed by atoms with Gasteiger partial charge < -0.3 is 4.57 Å². The summed E-state index contributed by atoms with van der Waals surface area (Å²) in [4.78, 5) is 4.76. The van der Waals surface area contributed by atoms with Crippen LogP contribution in [0.2, 0.25) is 0 Å². The summed E-state index contributed by atoms with van der Waals surface area (Å²) < 4.78 is 2.10. The number of benzene rings is 2. The molecule has 0 bridgehead atoms. The number of nitrogens with zero attached hydrogens (tertiary/aromatic N) is 2. The molecular weight excluding hydrogens is 244 g/mol. The van der Waals surface area contributed by atoms with Crippen molar-refractivity contribution in [1.82, 2.24) is 9.55 Å². The highest BCUT2D eigenvalue weighted by molar-refractivity contribution is 5.81. The Hall–Kier alpha value is -2.53. The number of fused-ring (bicyclic) bond motifs is 1. The fourth-order valence-corrected chi connectivity index (χ4v) is 2.60. The van der Waals surface area contributed by atoms with Crippen LogP contribution >= 0.6 is 0 Å². The molecule has 3 aromatic rings. The van der Waals surface area contributed by atoms with Gasteiger partial charge in [-0.15, -0.1) is 6.42 Å². The standard InChI is InChI=1S/C18H16N2/c1-4-11-20-17-8-6-5-7-16(17)19-18(20)15-10-9-13(2)12-14(15)3/h1,5-10,12H,11H2,2-3H3. The van der Waals surface area contributed by atoms with Gasteiger partial charge in [-0.1, -0.05) is 41.8 Å². The van der Waals surface area contributed by atoms with Gasteiger partial charge in [-0.25, -0.2) is 4.98 Å². The molecule has 20 heavy (non-hydrogen) atoms. The largest absolute Gasteiger partial charge is 0.312 e. The molecule has 2 heteroatoms. The lowest BCUT2D eigenvalue weighted by Gasteiger charge is -2.09. The maximum Gasteiger partial charge on any atom is 0.142 e. The molecule has 0 saturated heterocycles. The predicted octanol–water partition coefficient (Wildman–Crippen LogP) is 3.95. The number of rotatable bonds is 2. The average Bonchev–Trinajstić information content (AvgIpc) is 2.78. The third-order valence-electron chi connectivity index (χ3n) is 3.53. The number of aryl methyl sites for hydroxylation is 2. The highest BCUT2D eigenvalue weighted by Gasteiger charge is 2.13. The second kappa shape index (κ2) is 4.86. The van der Waals surface area contributed by atoms with E-state index in [4.69, 9.17) is 11.4 Å². The minimum Gasteiger partial charge on any atom is -0.312 e. The SMILES string of the molecule is C#CCn1c(-c2ccc(C)cc2C)nc2ccccc21. The van der Waals surface area contributed by atoms with E-state index in [2.05, 4.69) is 48.6 Å². The first kappa shape index (κ1) is 12.5. The highest BCUT2D eigenvalue weighted by atomic mass is 15.1. The molecule has 0 spiro atoms. The highest BCUT2D eigenvalue weighted by Crippen LogP contribution is 2.27. The van der Waals surface area contributed by atoms with Crippen molar-refractivity contribution in [3.05, 3.63) is 53.6 Å². The number of imidazole rings is 1. The minimum atomic E-state index is 0.531. The van der Waals surface area contributed by atoms with Crippen molar-refractivity contribution in [3.8, 4) is 23.7 Å². The lowest BCUT2D eigenvalue weighted by atomic mass is 10.1. The molecule has 0 aliphatic heterocycles. The van der Waals surface area contributed by atoms with Crippen molar-refractivity contribution < 1.29 is 0 Å². The lowest BCUT2D eigenvalue weighted by Crippen LogP contribution is -2.00. The first-order valence-electron chi connectivity index (χ1n) is 6.67. The Balaban J connectivity index is 2.30. The zero-order valence-electron chi connectivity index (χ0n) is 11.7. The summed E-state index contributed by atoms with van der Waals surface area (Å²) in [7, 11) is 0. The topological polar surface area (TPSA) is 17.8 Å². The van der Waals surface area contributed by atoms with Crippen molar-refractivity contribution in [2.24, 2.45) is 0 Å². The number of para-hydroxylation sites is 2. The van der Waals surface area contributed by atoms with E-state index in [0.717, 1.165) is 22.4 Å². The lowest BCUT2D eigenvalue weighted by molar-refractivity contribution is 0.880. The van der Waals surface area contributed by atoms with Crippen molar-refractivity contribution in [2.45, 2.75) is 20.4 Å². The Morgan fingerprint density at radius 3 is 2.70 bits per heavy atom. The molecular formula is C18H16N2. The van der Waals surface area contributed by atoms with E-state index in [0.29, 0.717) is 6.54 Å². The molecule has 3 rings (SSSR count). The fraction of sp³-hybridized carbons (Fsp3) is 0.167. The van der Waals surface area contributed by atoms with Crippen LogP contribution in [0.5, 0.6) is 0 Å². The van der Waals surface area contributed by atoms with Gasteiger partial charge in [0.2, 0.25) is 0 Å². The second-order valence-corrected chi connectivity index (χ2v) is 5.03. The molecule has 98 valence electrons. The number of hydrogen-bond acceptors (Lipinski definition) is 1. The number of terminal acetylenes is 1. The molecule has 2 nitrogen and oxygen atoms in total. The van der Waals surface area contributed by atoms with Gasteiger partial charge in [-0.05, 0) is 31.5 Å². The summed E-state index contributed by atoms with van der Waals surface area (Å²) in [5.41, 5.74) is 5.68. The summed E-state index contributed by atoms with van der Waals surface area (Å²) in [6, 6.07) is 14.5. The van der Waals surface area contributed by atoms with Crippen LogP contribution < -0.4 is 0 Å². The van der Waals surface area contributed by atoms with Crippen LogP contribution in [0.15, 0.2) is 42.5 Å². The van der Waals surface area contributed by atoms with E-state index in [1.54, 1.807) is 0 Å². The van der Waals surface area contributed by atoms with Crippen LogP contribution in [0.25, 0.3) is 22.4 Å². The Morgan fingerprint density at radius 2 is 1.95 bits per heavy atom. The summed E-state index contributed by atoms with van der Waals surface area (Å²) in [5.74, 6) is 3.67. The molecule has 2 aromatic carbocycles. The summed E-state index contributed by atoms with van der Waals surface area (Å²) >= 11 is 0. The van der Waals surface area contributed by atoms with Crippen LogP contribution in [0.4, 0.5) is 0 Å². The van der Waals surface area contributed by atoms with E-state index >= 15 is 0 Å². The third-order valence-corrected chi connectivity index (χ3v) is 3.53. The van der Waals surface area contributed by atoms with Gasteiger partial charge in [0.1, 0.15) is 5.82 Å². The van der Waals surface area contributed by atoms with Crippen LogP contribution in [0, 0.1) is 26.2 Å². The maximum atomic E-state index is 5.52. The predicted molar refractivity (Wildman–Crippen MR) is 83.5 cm³/mol. The molecule has 0 saturated carbocycles. The molecule has 0 unspecified atom stereocenters. The van der Waals surface area contributed by atoms with E-state index in [1.807, 2.05) is 18.2 Å². The summed E-state index contributed by atoms with van der Waals surface area (Å²) in [5, 5.41) is 0. The number of aromatic nitrogens is 2. The molecule has 0 atom stereocenters. The van der Waals surface area contributed by atoms with Crippen LogP contribution in [-0.4, -0.2) is 9.55 Å². The minimum absolute atomic E-state index is 0.531. The second-order valence-electron chi connectivity index (χ2n) is 5.03. The Labute approximate surface area is 119 Å². The molecule has 0 fully saturated rings. The van der Waals surface area contributed by atoms with Gasteiger partial charge in [0, 0.05) is 5.56 Å². The van der Waals surface area contributed by atoms with Gasteiger partial charge in [0.05, 0.1) is 17.6 Å². The van der Waals surface area contributed by atoms with Gasteiger partial charge in [0.15, 0.2) is 0 Å². The number of hydrogen-bond donors (Lipinski definition) is 0. The zero-order valence-corrected chi connectivity index (χ0v) is 11.7. The summed E-state index contributed by atoms with van der Waals surface area (Å²) in [6.07, 6.45) is 5.52.